The number of nitriles is 1. The molecule has 3 nitrogen and oxygen atoms in total. The van der Waals surface area contributed by atoms with Gasteiger partial charge in [0.2, 0.25) is 0 Å². The van der Waals surface area contributed by atoms with Gasteiger partial charge in [0.15, 0.2) is 0 Å². The van der Waals surface area contributed by atoms with Crippen LogP contribution in [0, 0.1) is 17.2 Å². The van der Waals surface area contributed by atoms with Gasteiger partial charge in [-0.3, -0.25) is 0 Å². The Bertz CT molecular complexity index is 397. The lowest BCUT2D eigenvalue weighted by Crippen LogP contribution is -2.26. The highest BCUT2D eigenvalue weighted by Gasteiger charge is 2.18. The average Bonchev–Trinajstić information content (AvgIpc) is 2.38. The fraction of sp³-hybridized carbons (Fsp3) is 0.500. The van der Waals surface area contributed by atoms with E-state index in [4.69, 9.17) is 10.00 Å². The largest absolute Gasteiger partial charge is 0.493 e. The zero-order valence-corrected chi connectivity index (χ0v) is 9.98. The summed E-state index contributed by atoms with van der Waals surface area (Å²) in [6, 6.07) is 10.4. The molecule has 1 heterocycles. The van der Waals surface area contributed by atoms with Gasteiger partial charge in [0, 0.05) is 13.0 Å². The van der Waals surface area contributed by atoms with Gasteiger partial charge < -0.3 is 10.1 Å². The fourth-order valence-corrected chi connectivity index (χ4v) is 2.15. The monoisotopic (exact) mass is 230 g/mol. The van der Waals surface area contributed by atoms with Crippen molar-refractivity contribution in [3.05, 3.63) is 29.8 Å². The van der Waals surface area contributed by atoms with Crippen molar-refractivity contribution in [2.24, 2.45) is 5.92 Å². The zero-order valence-electron chi connectivity index (χ0n) is 9.98. The highest BCUT2D eigenvalue weighted by molar-refractivity contribution is 5.34. The van der Waals surface area contributed by atoms with Gasteiger partial charge in [0.25, 0.3) is 0 Å². The van der Waals surface area contributed by atoms with Crippen LogP contribution in [-0.4, -0.2) is 19.7 Å². The van der Waals surface area contributed by atoms with Crippen molar-refractivity contribution < 1.29 is 4.74 Å². The van der Waals surface area contributed by atoms with Gasteiger partial charge in [0.05, 0.1) is 12.7 Å². The first-order valence-corrected chi connectivity index (χ1v) is 6.18. The molecule has 1 atom stereocenters. The minimum Gasteiger partial charge on any atom is -0.493 e. The molecule has 0 saturated heterocycles. The van der Waals surface area contributed by atoms with Crippen LogP contribution in [0.4, 0.5) is 0 Å². The molecule has 0 saturated carbocycles. The standard InChI is InChI=1S/C14H18N2O/c15-7-3-8-16-9-6-12-10-13-4-1-2-5-14(13)17-11-12/h1-2,4-5,12,16H,3,6,8-11H2. The van der Waals surface area contributed by atoms with Crippen molar-refractivity contribution in [1.29, 1.82) is 5.26 Å². The number of rotatable bonds is 5. The number of nitrogens with zero attached hydrogens (tertiary/aromatic N) is 1. The molecule has 0 fully saturated rings. The average molecular weight is 230 g/mol. The molecule has 1 aliphatic heterocycles. The molecule has 0 amide bonds. The second-order valence-corrected chi connectivity index (χ2v) is 4.44. The molecule has 0 bridgehead atoms. The van der Waals surface area contributed by atoms with Crippen LogP contribution in [-0.2, 0) is 6.42 Å². The lowest BCUT2D eigenvalue weighted by molar-refractivity contribution is 0.213. The van der Waals surface area contributed by atoms with E-state index in [1.807, 2.05) is 12.1 Å². The molecule has 0 radical (unpaired) electrons. The van der Waals surface area contributed by atoms with Gasteiger partial charge in [0.1, 0.15) is 5.75 Å². The molecule has 0 aromatic heterocycles. The van der Waals surface area contributed by atoms with E-state index in [-0.39, 0.29) is 0 Å². The maximum atomic E-state index is 8.41. The van der Waals surface area contributed by atoms with Crippen LogP contribution in [0.5, 0.6) is 5.75 Å². The summed E-state index contributed by atoms with van der Waals surface area (Å²) < 4.78 is 5.73. The molecule has 2 rings (SSSR count). The number of hydrogen-bond acceptors (Lipinski definition) is 3. The van der Waals surface area contributed by atoms with Crippen LogP contribution < -0.4 is 10.1 Å². The molecule has 1 aromatic carbocycles. The van der Waals surface area contributed by atoms with Crippen molar-refractivity contribution in [3.63, 3.8) is 0 Å². The molecule has 3 heteroatoms. The van der Waals surface area contributed by atoms with Crippen molar-refractivity contribution >= 4 is 0 Å². The molecule has 0 aliphatic carbocycles. The van der Waals surface area contributed by atoms with E-state index in [1.54, 1.807) is 0 Å². The lowest BCUT2D eigenvalue weighted by Gasteiger charge is -2.25. The first-order valence-electron chi connectivity index (χ1n) is 6.18. The summed E-state index contributed by atoms with van der Waals surface area (Å²) in [6.07, 6.45) is 2.81. The maximum Gasteiger partial charge on any atom is 0.122 e. The van der Waals surface area contributed by atoms with E-state index >= 15 is 0 Å². The number of benzene rings is 1. The Labute approximate surface area is 102 Å². The summed E-state index contributed by atoms with van der Waals surface area (Å²) in [4.78, 5) is 0. The summed E-state index contributed by atoms with van der Waals surface area (Å²) in [7, 11) is 0. The minimum atomic E-state index is 0.587. The Balaban J connectivity index is 1.73. The van der Waals surface area contributed by atoms with E-state index in [9.17, 15) is 0 Å². The van der Waals surface area contributed by atoms with Crippen molar-refractivity contribution in [1.82, 2.24) is 5.32 Å². The Hall–Kier alpha value is -1.53. The van der Waals surface area contributed by atoms with Gasteiger partial charge in [-0.15, -0.1) is 0 Å². The third kappa shape index (κ3) is 3.47. The summed E-state index contributed by atoms with van der Waals surface area (Å²) in [6.45, 7) is 2.58. The number of nitrogens with one attached hydrogen (secondary N) is 1. The normalized spacial score (nSPS) is 17.9. The van der Waals surface area contributed by atoms with Crippen molar-refractivity contribution in [2.45, 2.75) is 19.3 Å². The molecule has 1 N–H and O–H groups in total. The second-order valence-electron chi connectivity index (χ2n) is 4.44. The van der Waals surface area contributed by atoms with E-state index in [0.29, 0.717) is 12.3 Å². The maximum absolute atomic E-state index is 8.41. The molecule has 1 aromatic rings. The Kier molecular flexibility index (Phi) is 4.40. The number of hydrogen-bond donors (Lipinski definition) is 1. The third-order valence-corrected chi connectivity index (χ3v) is 3.10. The van der Waals surface area contributed by atoms with E-state index in [2.05, 4.69) is 23.5 Å². The molecule has 17 heavy (non-hydrogen) atoms. The van der Waals surface area contributed by atoms with Crippen molar-refractivity contribution in [3.8, 4) is 11.8 Å². The van der Waals surface area contributed by atoms with Crippen molar-refractivity contribution in [2.75, 3.05) is 19.7 Å². The number of para-hydroxylation sites is 1. The quantitative estimate of drug-likeness (QED) is 0.788. The van der Waals surface area contributed by atoms with Crippen LogP contribution in [0.15, 0.2) is 24.3 Å². The Morgan fingerprint density at radius 1 is 1.35 bits per heavy atom. The fourth-order valence-electron chi connectivity index (χ4n) is 2.15. The molecular formula is C14H18N2O. The van der Waals surface area contributed by atoms with Crippen LogP contribution in [0.1, 0.15) is 18.4 Å². The highest BCUT2D eigenvalue weighted by Crippen LogP contribution is 2.27. The summed E-state index contributed by atoms with van der Waals surface area (Å²) >= 11 is 0. The smallest absolute Gasteiger partial charge is 0.122 e. The summed E-state index contributed by atoms with van der Waals surface area (Å²) in [5.74, 6) is 1.64. The first kappa shape index (κ1) is 11.9. The van der Waals surface area contributed by atoms with Gasteiger partial charge in [-0.25, -0.2) is 0 Å². The van der Waals surface area contributed by atoms with Gasteiger partial charge in [-0.1, -0.05) is 18.2 Å². The van der Waals surface area contributed by atoms with Crippen LogP contribution in [0.2, 0.25) is 0 Å². The molecular weight excluding hydrogens is 212 g/mol. The minimum absolute atomic E-state index is 0.587. The van der Waals surface area contributed by atoms with Crippen LogP contribution in [0.3, 0.4) is 0 Å². The Morgan fingerprint density at radius 2 is 2.24 bits per heavy atom. The van der Waals surface area contributed by atoms with Gasteiger partial charge >= 0.3 is 0 Å². The molecule has 1 unspecified atom stereocenters. The topological polar surface area (TPSA) is 45.0 Å². The SMILES string of the molecule is N#CCCNCCC1COc2ccccc2C1. The second kappa shape index (κ2) is 6.27. The lowest BCUT2D eigenvalue weighted by atomic mass is 9.94. The van der Waals surface area contributed by atoms with Gasteiger partial charge in [-0.05, 0) is 36.9 Å². The summed E-state index contributed by atoms with van der Waals surface area (Å²) in [5, 5.41) is 11.7. The third-order valence-electron chi connectivity index (χ3n) is 3.10. The number of fused-ring (bicyclic) bond motifs is 1. The van der Waals surface area contributed by atoms with E-state index in [0.717, 1.165) is 38.3 Å². The first-order chi connectivity index (χ1) is 8.40. The van der Waals surface area contributed by atoms with E-state index in [1.165, 1.54) is 5.56 Å². The Morgan fingerprint density at radius 3 is 3.12 bits per heavy atom. The number of ether oxygens (including phenoxy) is 1. The zero-order chi connectivity index (χ0) is 11.9. The summed E-state index contributed by atoms with van der Waals surface area (Å²) in [5.41, 5.74) is 1.32. The molecule has 1 aliphatic rings. The van der Waals surface area contributed by atoms with E-state index < -0.39 is 0 Å². The predicted octanol–water partition coefficient (Wildman–Crippen LogP) is 2.13. The van der Waals surface area contributed by atoms with Gasteiger partial charge in [-0.2, -0.15) is 5.26 Å². The molecule has 0 spiro atoms. The van der Waals surface area contributed by atoms with Crippen LogP contribution >= 0.6 is 0 Å². The highest BCUT2D eigenvalue weighted by atomic mass is 16.5. The molecule has 90 valence electrons. The predicted molar refractivity (Wildman–Crippen MR) is 66.8 cm³/mol. The van der Waals surface area contributed by atoms with Crippen LogP contribution in [0.25, 0.3) is 0 Å².